The van der Waals surface area contributed by atoms with E-state index in [2.05, 4.69) is 32.0 Å². The standard InChI is InChI=1S/C8H8BrN3/c1-6-8(7(4-9)5-10)12-3-2-11-6/h2-3,7H,4H2,1H3. The van der Waals surface area contributed by atoms with Crippen molar-refractivity contribution in [3.05, 3.63) is 23.8 Å². The van der Waals surface area contributed by atoms with Gasteiger partial charge >= 0.3 is 0 Å². The van der Waals surface area contributed by atoms with Crippen molar-refractivity contribution in [2.75, 3.05) is 5.33 Å². The van der Waals surface area contributed by atoms with E-state index in [4.69, 9.17) is 5.26 Å². The zero-order valence-electron chi connectivity index (χ0n) is 6.66. The summed E-state index contributed by atoms with van der Waals surface area (Å²) in [5, 5.41) is 9.36. The second-order valence-electron chi connectivity index (χ2n) is 2.36. The fourth-order valence-corrected chi connectivity index (χ4v) is 1.38. The van der Waals surface area contributed by atoms with Crippen LogP contribution in [0.25, 0.3) is 0 Å². The topological polar surface area (TPSA) is 49.6 Å². The molecule has 0 aliphatic heterocycles. The highest BCUT2D eigenvalue weighted by atomic mass is 79.9. The number of aromatic nitrogens is 2. The van der Waals surface area contributed by atoms with Crippen molar-refractivity contribution in [1.29, 1.82) is 5.26 Å². The SMILES string of the molecule is Cc1nccnc1C(C#N)CBr. The first-order valence-corrected chi connectivity index (χ1v) is 4.64. The van der Waals surface area contributed by atoms with Gasteiger partial charge in [0.1, 0.15) is 0 Å². The van der Waals surface area contributed by atoms with Crippen LogP contribution in [0.1, 0.15) is 17.3 Å². The van der Waals surface area contributed by atoms with Gasteiger partial charge in [-0.2, -0.15) is 5.26 Å². The smallest absolute Gasteiger partial charge is 0.0999 e. The van der Waals surface area contributed by atoms with E-state index in [1.54, 1.807) is 12.4 Å². The number of halogens is 1. The Morgan fingerprint density at radius 1 is 1.58 bits per heavy atom. The highest BCUT2D eigenvalue weighted by Gasteiger charge is 2.12. The second-order valence-corrected chi connectivity index (χ2v) is 3.01. The van der Waals surface area contributed by atoms with Gasteiger partial charge < -0.3 is 0 Å². The van der Waals surface area contributed by atoms with E-state index in [1.165, 1.54) is 0 Å². The Labute approximate surface area is 79.6 Å². The molecule has 0 bridgehead atoms. The number of alkyl halides is 1. The van der Waals surface area contributed by atoms with Crippen molar-refractivity contribution in [3.8, 4) is 6.07 Å². The fraction of sp³-hybridized carbons (Fsp3) is 0.375. The quantitative estimate of drug-likeness (QED) is 0.722. The van der Waals surface area contributed by atoms with Gasteiger partial charge in [-0.1, -0.05) is 15.9 Å². The number of rotatable bonds is 2. The van der Waals surface area contributed by atoms with E-state index in [-0.39, 0.29) is 5.92 Å². The maximum Gasteiger partial charge on any atom is 0.0999 e. The summed E-state index contributed by atoms with van der Waals surface area (Å²) in [4.78, 5) is 8.17. The molecule has 0 amide bonds. The van der Waals surface area contributed by atoms with Gasteiger partial charge in [0.25, 0.3) is 0 Å². The normalized spacial score (nSPS) is 12.1. The van der Waals surface area contributed by atoms with Crippen LogP contribution in [0.3, 0.4) is 0 Å². The van der Waals surface area contributed by atoms with E-state index < -0.39 is 0 Å². The molecule has 0 aliphatic rings. The molecule has 3 nitrogen and oxygen atoms in total. The molecule has 0 aromatic carbocycles. The van der Waals surface area contributed by atoms with E-state index in [0.717, 1.165) is 11.4 Å². The van der Waals surface area contributed by atoms with Crippen molar-refractivity contribution in [2.45, 2.75) is 12.8 Å². The minimum atomic E-state index is -0.196. The van der Waals surface area contributed by atoms with Crippen molar-refractivity contribution in [1.82, 2.24) is 9.97 Å². The molecule has 0 radical (unpaired) electrons. The molecule has 1 heterocycles. The van der Waals surface area contributed by atoms with Crippen LogP contribution in [0.5, 0.6) is 0 Å². The Morgan fingerprint density at radius 3 is 2.75 bits per heavy atom. The zero-order chi connectivity index (χ0) is 8.97. The van der Waals surface area contributed by atoms with Gasteiger partial charge in [-0.05, 0) is 6.92 Å². The Balaban J connectivity index is 3.02. The molecule has 1 unspecified atom stereocenters. The minimum Gasteiger partial charge on any atom is -0.258 e. The molecule has 1 atom stereocenters. The minimum absolute atomic E-state index is 0.196. The van der Waals surface area contributed by atoms with Gasteiger partial charge in [0.05, 0.1) is 23.4 Å². The van der Waals surface area contributed by atoms with E-state index in [0.29, 0.717) is 5.33 Å². The number of nitriles is 1. The lowest BCUT2D eigenvalue weighted by Gasteiger charge is -2.05. The average molecular weight is 226 g/mol. The second kappa shape index (κ2) is 4.17. The molecule has 12 heavy (non-hydrogen) atoms. The Morgan fingerprint density at radius 2 is 2.25 bits per heavy atom. The maximum atomic E-state index is 8.76. The summed E-state index contributed by atoms with van der Waals surface area (Å²) in [5.74, 6) is -0.196. The Kier molecular flexibility index (Phi) is 3.18. The molecule has 0 saturated heterocycles. The number of hydrogen-bond acceptors (Lipinski definition) is 3. The van der Waals surface area contributed by atoms with Crippen LogP contribution in [-0.4, -0.2) is 15.3 Å². The molecule has 0 fully saturated rings. The maximum absolute atomic E-state index is 8.76. The molecule has 0 N–H and O–H groups in total. The fourth-order valence-electron chi connectivity index (χ4n) is 0.929. The van der Waals surface area contributed by atoms with E-state index in [1.807, 2.05) is 6.92 Å². The largest absolute Gasteiger partial charge is 0.258 e. The van der Waals surface area contributed by atoms with Gasteiger partial charge in [-0.25, -0.2) is 0 Å². The lowest BCUT2D eigenvalue weighted by Crippen LogP contribution is -2.03. The van der Waals surface area contributed by atoms with E-state index in [9.17, 15) is 0 Å². The third-order valence-corrected chi connectivity index (χ3v) is 2.21. The van der Waals surface area contributed by atoms with Gasteiger partial charge in [0.2, 0.25) is 0 Å². The summed E-state index contributed by atoms with van der Waals surface area (Å²) >= 11 is 3.26. The van der Waals surface area contributed by atoms with Crippen LogP contribution in [0.4, 0.5) is 0 Å². The van der Waals surface area contributed by atoms with Crippen molar-refractivity contribution < 1.29 is 0 Å². The molecular formula is C8H8BrN3. The van der Waals surface area contributed by atoms with Gasteiger partial charge in [-0.15, -0.1) is 0 Å². The number of nitrogens with zero attached hydrogens (tertiary/aromatic N) is 3. The predicted molar refractivity (Wildman–Crippen MR) is 48.9 cm³/mol. The molecule has 0 spiro atoms. The molecule has 1 rings (SSSR count). The van der Waals surface area contributed by atoms with E-state index >= 15 is 0 Å². The Bertz CT molecular complexity index is 305. The summed E-state index contributed by atoms with van der Waals surface area (Å²) in [6.07, 6.45) is 3.23. The molecule has 0 aliphatic carbocycles. The Hall–Kier alpha value is -0.950. The number of hydrogen-bond donors (Lipinski definition) is 0. The summed E-state index contributed by atoms with van der Waals surface area (Å²) in [7, 11) is 0. The van der Waals surface area contributed by atoms with Crippen LogP contribution in [0, 0.1) is 18.3 Å². The van der Waals surface area contributed by atoms with Crippen LogP contribution in [-0.2, 0) is 0 Å². The highest BCUT2D eigenvalue weighted by molar-refractivity contribution is 9.09. The molecule has 1 aromatic rings. The highest BCUT2D eigenvalue weighted by Crippen LogP contribution is 2.16. The van der Waals surface area contributed by atoms with Crippen LogP contribution < -0.4 is 0 Å². The van der Waals surface area contributed by atoms with Gasteiger partial charge in [0, 0.05) is 17.7 Å². The monoisotopic (exact) mass is 225 g/mol. The molecule has 0 saturated carbocycles. The first-order chi connectivity index (χ1) is 5.79. The first kappa shape index (κ1) is 9.14. The van der Waals surface area contributed by atoms with Crippen LogP contribution >= 0.6 is 15.9 Å². The third-order valence-electron chi connectivity index (χ3n) is 1.56. The van der Waals surface area contributed by atoms with Gasteiger partial charge in [0.15, 0.2) is 0 Å². The molecule has 4 heteroatoms. The summed E-state index contributed by atoms with van der Waals surface area (Å²) in [5.41, 5.74) is 1.58. The lowest BCUT2D eigenvalue weighted by atomic mass is 10.1. The van der Waals surface area contributed by atoms with Crippen LogP contribution in [0.2, 0.25) is 0 Å². The average Bonchev–Trinajstić information content (AvgIpc) is 2.10. The van der Waals surface area contributed by atoms with Crippen molar-refractivity contribution >= 4 is 15.9 Å². The zero-order valence-corrected chi connectivity index (χ0v) is 8.24. The van der Waals surface area contributed by atoms with Crippen LogP contribution in [0.15, 0.2) is 12.4 Å². The van der Waals surface area contributed by atoms with Crippen molar-refractivity contribution in [2.24, 2.45) is 0 Å². The molecule has 1 aromatic heterocycles. The predicted octanol–water partition coefficient (Wildman–Crippen LogP) is 1.79. The molecule has 62 valence electrons. The number of aryl methyl sites for hydroxylation is 1. The summed E-state index contributed by atoms with van der Waals surface area (Å²) in [6, 6.07) is 2.16. The van der Waals surface area contributed by atoms with Crippen molar-refractivity contribution in [3.63, 3.8) is 0 Å². The third kappa shape index (κ3) is 1.80. The summed E-state index contributed by atoms with van der Waals surface area (Å²) in [6.45, 7) is 1.86. The first-order valence-electron chi connectivity index (χ1n) is 3.52. The lowest BCUT2D eigenvalue weighted by molar-refractivity contribution is 0.890. The molecular weight excluding hydrogens is 218 g/mol. The summed E-state index contributed by atoms with van der Waals surface area (Å²) < 4.78 is 0. The van der Waals surface area contributed by atoms with Gasteiger partial charge in [-0.3, -0.25) is 9.97 Å².